The second-order valence-corrected chi connectivity index (χ2v) is 8.05. The Morgan fingerprint density at radius 3 is 1.00 bits per heavy atom. The molecule has 0 fully saturated rings. The van der Waals surface area contributed by atoms with E-state index < -0.39 is 0 Å². The molecule has 5 rings (SSSR count). The molecule has 1 aromatic rings. The first-order valence-corrected chi connectivity index (χ1v) is 8.14. The molecule has 2 nitrogen and oxygen atoms in total. The van der Waals surface area contributed by atoms with Crippen LogP contribution in [0.1, 0.15) is 61.1 Å². The summed E-state index contributed by atoms with van der Waals surface area (Å²) >= 11 is 0. The van der Waals surface area contributed by atoms with Gasteiger partial charge >= 0.3 is 0 Å². The molecule has 0 unspecified atom stereocenters. The minimum absolute atomic E-state index is 0.295. The van der Waals surface area contributed by atoms with Crippen molar-refractivity contribution in [3.63, 3.8) is 0 Å². The molecular formula is C20H22O2. The highest BCUT2D eigenvalue weighted by Gasteiger charge is 2.58. The zero-order valence-electron chi connectivity index (χ0n) is 14.1. The van der Waals surface area contributed by atoms with Crippen LogP contribution >= 0.6 is 0 Å². The van der Waals surface area contributed by atoms with Gasteiger partial charge in [-0.2, -0.15) is 0 Å². The van der Waals surface area contributed by atoms with Gasteiger partial charge in [0.15, 0.2) is 0 Å². The lowest BCUT2D eigenvalue weighted by Gasteiger charge is -2.30. The molecule has 2 heteroatoms. The second kappa shape index (κ2) is 3.13. The molecule has 114 valence electrons. The van der Waals surface area contributed by atoms with Crippen molar-refractivity contribution in [3.05, 3.63) is 57.7 Å². The highest BCUT2D eigenvalue weighted by molar-refractivity contribution is 5.67. The fourth-order valence-corrected chi connectivity index (χ4v) is 5.67. The van der Waals surface area contributed by atoms with Crippen molar-refractivity contribution in [1.82, 2.24) is 0 Å². The standard InChI is InChI=1S/C20H22O2/c1-11-13-15(19(5)9-7-17(13,3)21-19)12(2)16-14(11)18(4)8-10-20(16,6)22-18/h7-10H,1-6H3/t17-,18-,19-,20-/m1/s1. The monoisotopic (exact) mass is 294 g/mol. The second-order valence-electron chi connectivity index (χ2n) is 8.05. The van der Waals surface area contributed by atoms with Crippen LogP contribution < -0.4 is 0 Å². The van der Waals surface area contributed by atoms with Gasteiger partial charge < -0.3 is 9.47 Å². The van der Waals surface area contributed by atoms with Gasteiger partial charge in [0.25, 0.3) is 0 Å². The molecule has 4 bridgehead atoms. The van der Waals surface area contributed by atoms with Crippen LogP contribution in [0.25, 0.3) is 0 Å². The Hall–Kier alpha value is -1.38. The summed E-state index contributed by atoms with van der Waals surface area (Å²) < 4.78 is 12.9. The fourth-order valence-electron chi connectivity index (χ4n) is 5.67. The van der Waals surface area contributed by atoms with E-state index in [1.165, 1.54) is 33.4 Å². The smallest absolute Gasteiger partial charge is 0.111 e. The van der Waals surface area contributed by atoms with Crippen molar-refractivity contribution in [2.45, 2.75) is 63.9 Å². The Bertz CT molecular complexity index is 703. The number of ether oxygens (including phenoxy) is 2. The third kappa shape index (κ3) is 1.10. The summed E-state index contributed by atoms with van der Waals surface area (Å²) in [7, 11) is 0. The normalized spacial score (nSPS) is 45.7. The Kier molecular flexibility index (Phi) is 1.86. The molecular weight excluding hydrogens is 272 g/mol. The summed E-state index contributed by atoms with van der Waals surface area (Å²) in [5.74, 6) is 0. The van der Waals surface area contributed by atoms with Crippen LogP contribution in [0.2, 0.25) is 0 Å². The maximum atomic E-state index is 6.44. The van der Waals surface area contributed by atoms with Gasteiger partial charge in [-0.05, 0) is 99.2 Å². The van der Waals surface area contributed by atoms with E-state index >= 15 is 0 Å². The van der Waals surface area contributed by atoms with Gasteiger partial charge in [-0.1, -0.05) is 0 Å². The third-order valence-corrected chi connectivity index (χ3v) is 6.27. The summed E-state index contributed by atoms with van der Waals surface area (Å²) in [6.07, 6.45) is 8.90. The number of rotatable bonds is 0. The molecule has 4 aliphatic rings. The number of hydrogen-bond donors (Lipinski definition) is 0. The molecule has 4 heterocycles. The molecule has 22 heavy (non-hydrogen) atoms. The van der Waals surface area contributed by atoms with Crippen molar-refractivity contribution < 1.29 is 9.47 Å². The summed E-state index contributed by atoms with van der Waals surface area (Å²) in [5.41, 5.74) is 6.97. The first-order valence-electron chi connectivity index (χ1n) is 8.14. The number of hydrogen-bond acceptors (Lipinski definition) is 2. The van der Waals surface area contributed by atoms with Crippen molar-refractivity contribution in [3.8, 4) is 0 Å². The Morgan fingerprint density at radius 1 is 0.545 bits per heavy atom. The maximum absolute atomic E-state index is 6.44. The van der Waals surface area contributed by atoms with E-state index in [0.29, 0.717) is 0 Å². The quantitative estimate of drug-likeness (QED) is 0.662. The molecule has 0 spiro atoms. The molecule has 0 N–H and O–H groups in total. The fraction of sp³-hybridized carbons (Fsp3) is 0.500. The van der Waals surface area contributed by atoms with Gasteiger partial charge in [0.1, 0.15) is 22.4 Å². The topological polar surface area (TPSA) is 18.5 Å². The Morgan fingerprint density at radius 2 is 0.773 bits per heavy atom. The van der Waals surface area contributed by atoms with Crippen LogP contribution in [0.4, 0.5) is 0 Å². The summed E-state index contributed by atoms with van der Waals surface area (Å²) in [5, 5.41) is 0. The highest BCUT2D eigenvalue weighted by Crippen LogP contribution is 2.63. The number of fused-ring (bicyclic) bond motifs is 10. The van der Waals surface area contributed by atoms with Crippen molar-refractivity contribution in [2.24, 2.45) is 0 Å². The molecule has 0 saturated heterocycles. The summed E-state index contributed by atoms with van der Waals surface area (Å²) in [6, 6.07) is 0. The molecule has 0 aliphatic carbocycles. The Labute approximate surface area is 131 Å². The van der Waals surface area contributed by atoms with Crippen molar-refractivity contribution >= 4 is 0 Å². The number of benzene rings is 1. The van der Waals surface area contributed by atoms with Gasteiger partial charge in [0.2, 0.25) is 0 Å². The zero-order chi connectivity index (χ0) is 15.7. The van der Waals surface area contributed by atoms with E-state index in [0.717, 1.165) is 0 Å². The molecule has 0 aromatic heterocycles. The predicted octanol–water partition coefficient (Wildman–Crippen LogP) is 4.36. The van der Waals surface area contributed by atoms with E-state index in [4.69, 9.17) is 9.47 Å². The predicted molar refractivity (Wildman–Crippen MR) is 85.8 cm³/mol. The Balaban J connectivity index is 1.97. The van der Waals surface area contributed by atoms with E-state index in [2.05, 4.69) is 65.8 Å². The first-order chi connectivity index (χ1) is 10.1. The molecule has 4 aliphatic heterocycles. The van der Waals surface area contributed by atoms with Gasteiger partial charge in [-0.15, -0.1) is 0 Å². The van der Waals surface area contributed by atoms with E-state index in [-0.39, 0.29) is 22.4 Å². The summed E-state index contributed by atoms with van der Waals surface area (Å²) in [4.78, 5) is 0. The minimum Gasteiger partial charge on any atom is -0.351 e. The largest absolute Gasteiger partial charge is 0.351 e. The average Bonchev–Trinajstić information content (AvgIpc) is 3.04. The molecule has 4 atom stereocenters. The van der Waals surface area contributed by atoms with Crippen molar-refractivity contribution in [2.75, 3.05) is 0 Å². The van der Waals surface area contributed by atoms with Crippen LogP contribution in [-0.4, -0.2) is 0 Å². The van der Waals surface area contributed by atoms with Gasteiger partial charge in [-0.25, -0.2) is 0 Å². The maximum Gasteiger partial charge on any atom is 0.111 e. The van der Waals surface area contributed by atoms with Crippen LogP contribution in [0.3, 0.4) is 0 Å². The van der Waals surface area contributed by atoms with Crippen LogP contribution in [-0.2, 0) is 31.9 Å². The lowest BCUT2D eigenvalue weighted by atomic mass is 9.70. The molecule has 0 saturated carbocycles. The molecule has 0 radical (unpaired) electrons. The van der Waals surface area contributed by atoms with Gasteiger partial charge in [0, 0.05) is 0 Å². The lowest BCUT2D eigenvalue weighted by Crippen LogP contribution is -2.24. The molecule has 1 aromatic carbocycles. The zero-order valence-corrected chi connectivity index (χ0v) is 14.1. The van der Waals surface area contributed by atoms with E-state index in [1.807, 2.05) is 0 Å². The van der Waals surface area contributed by atoms with E-state index in [1.54, 1.807) is 0 Å². The highest BCUT2D eigenvalue weighted by atomic mass is 16.5. The summed E-state index contributed by atoms with van der Waals surface area (Å²) in [6.45, 7) is 13.2. The van der Waals surface area contributed by atoms with Crippen LogP contribution in [0.5, 0.6) is 0 Å². The first kappa shape index (κ1) is 13.1. The van der Waals surface area contributed by atoms with Crippen molar-refractivity contribution in [1.29, 1.82) is 0 Å². The third-order valence-electron chi connectivity index (χ3n) is 6.27. The van der Waals surface area contributed by atoms with Crippen LogP contribution in [0.15, 0.2) is 24.3 Å². The van der Waals surface area contributed by atoms with E-state index in [9.17, 15) is 0 Å². The average molecular weight is 294 g/mol. The van der Waals surface area contributed by atoms with Gasteiger partial charge in [0.05, 0.1) is 0 Å². The van der Waals surface area contributed by atoms with Gasteiger partial charge in [-0.3, -0.25) is 0 Å². The van der Waals surface area contributed by atoms with Crippen LogP contribution in [0, 0.1) is 13.8 Å². The SMILES string of the molecule is Cc1c2c(c(C)c3c1[C@@]1(C)C=C[C@@]3(C)O1)[C@@]1(C)C=C[C@@]2(C)O1. The lowest BCUT2D eigenvalue weighted by molar-refractivity contribution is -0.0537. The molecule has 0 amide bonds. The minimum atomic E-state index is -0.295.